The second kappa shape index (κ2) is 51.3. The summed E-state index contributed by atoms with van der Waals surface area (Å²) < 4.78 is 0. The van der Waals surface area contributed by atoms with Gasteiger partial charge in [0.2, 0.25) is 95.0 Å². The summed E-state index contributed by atoms with van der Waals surface area (Å²) in [5.41, 5.74) is 5.50. The zero-order valence-electron chi connectivity index (χ0n) is 81.1. The average molecular weight is 1880 g/mol. The van der Waals surface area contributed by atoms with Gasteiger partial charge in [-0.05, 0) is 133 Å². The van der Waals surface area contributed by atoms with E-state index >= 15 is 28.8 Å². The number of carbonyl (C=O) groups is 16. The number of aromatic amines is 4. The summed E-state index contributed by atoms with van der Waals surface area (Å²) in [6, 6.07) is 11.2. The third kappa shape index (κ3) is 31.3. The minimum absolute atomic E-state index is 0.0108. The second-order valence-electron chi connectivity index (χ2n) is 38.2. The minimum atomic E-state index is -1.48. The van der Waals surface area contributed by atoms with Crippen molar-refractivity contribution in [2.24, 2.45) is 47.3 Å². The molecule has 21 N–H and O–H groups in total. The van der Waals surface area contributed by atoms with E-state index in [0.717, 1.165) is 27.4 Å². The van der Waals surface area contributed by atoms with E-state index in [-0.39, 0.29) is 94.1 Å². The summed E-state index contributed by atoms with van der Waals surface area (Å²) in [4.78, 5) is 241. The van der Waals surface area contributed by atoms with E-state index < -0.39 is 197 Å². The van der Waals surface area contributed by atoms with Gasteiger partial charge in [0, 0.05) is 101 Å². The second-order valence-corrected chi connectivity index (χ2v) is 38.2. The number of H-pyrrole nitrogens is 4. The van der Waals surface area contributed by atoms with Gasteiger partial charge >= 0.3 is 0 Å². The zero-order chi connectivity index (χ0) is 100. The Morgan fingerprint density at radius 3 is 0.919 bits per heavy atom. The maximum Gasteiger partial charge on any atom is 0.243 e. The first kappa shape index (κ1) is 108. The van der Waals surface area contributed by atoms with Crippen LogP contribution in [0.3, 0.4) is 0 Å². The highest BCUT2D eigenvalue weighted by molar-refractivity contribution is 6.02. The van der Waals surface area contributed by atoms with Crippen LogP contribution in [0.15, 0.2) is 122 Å². The summed E-state index contributed by atoms with van der Waals surface area (Å²) in [5.74, 6) is -14.6. The molecule has 0 saturated heterocycles. The van der Waals surface area contributed by atoms with E-state index in [2.05, 4.69) is 105 Å². The largest absolute Gasteiger partial charge is 0.395 e. The Bertz CT molecular complexity index is 5470. The van der Waals surface area contributed by atoms with Crippen LogP contribution in [0.5, 0.6) is 0 Å². The topological polar surface area (TPSA) is 549 Å². The van der Waals surface area contributed by atoms with E-state index in [0.29, 0.717) is 44.9 Å². The van der Waals surface area contributed by atoms with Gasteiger partial charge in [-0.25, -0.2) is 0 Å². The third-order valence-electron chi connectivity index (χ3n) is 23.6. The Labute approximate surface area is 793 Å². The van der Waals surface area contributed by atoms with Crippen LogP contribution in [0.25, 0.3) is 43.6 Å². The van der Waals surface area contributed by atoms with Gasteiger partial charge in [-0.15, -0.1) is 0 Å². The summed E-state index contributed by atoms with van der Waals surface area (Å²) >= 11 is 0. The monoisotopic (exact) mass is 1880 g/mol. The number of aromatic nitrogens is 4. The number of carbonyl (C=O) groups excluding carboxylic acids is 16. The number of benzene rings is 4. The molecule has 37 nitrogen and oxygen atoms in total. The maximum absolute atomic E-state index is 15.6. The van der Waals surface area contributed by atoms with Gasteiger partial charge in [0.15, 0.2) is 0 Å². The van der Waals surface area contributed by atoms with Crippen LogP contribution in [0.1, 0.15) is 173 Å². The highest BCUT2D eigenvalue weighted by Gasteiger charge is 2.41. The number of hydrogen-bond acceptors (Lipinski definition) is 17. The molecule has 738 valence electrons. The summed E-state index contributed by atoms with van der Waals surface area (Å²) in [6.45, 7) is 29.7. The Hall–Kier alpha value is -13.5. The van der Waals surface area contributed by atoms with E-state index in [1.54, 1.807) is 100 Å². The molecule has 0 fully saturated rings. The molecule has 4 aromatic heterocycles. The van der Waals surface area contributed by atoms with Crippen molar-refractivity contribution in [3.8, 4) is 0 Å². The average Bonchev–Trinajstić information content (AvgIpc) is 1.69. The molecule has 0 aliphatic heterocycles. The molecule has 0 spiro atoms. The van der Waals surface area contributed by atoms with Crippen molar-refractivity contribution in [1.29, 1.82) is 0 Å². The van der Waals surface area contributed by atoms with Crippen LogP contribution in [-0.4, -0.2) is 224 Å². The molecule has 14 atom stereocenters. The molecule has 0 bridgehead atoms. The SMILES string of the molecule is CC(C)C[C@@H](NC(=O)[C@H](C)NC(=O)CNC(=O)[C@@H](NC=O)C(C)C)C(=O)N[C@@H](C)C(=O)N[C@@H](C(=O)N[C@H](C(=O)N[C@@H](C(=O)N[C@@H](Cc1c[nH]c2ccccc12)C(=O)N[C@H](CC(C)C)C(=[17O])N[C@@H](Cc1c[nH]c2ccccc12)C(=O)N[C@H](CC(C)C)C(=O)N[C@@H](Cc1c[nH]c2ccccc12)C(=O)N[C@H](CC(C)C)C(=O)N[C@@H](Cc1c[nH]c2ccccc12)C(=O)NCCO)C(C)C)C(C)C)C(C)C. The molecular formula is C99H140N20O17. The zero-order valence-corrected chi connectivity index (χ0v) is 81.1. The molecule has 4 heterocycles. The lowest BCUT2D eigenvalue weighted by molar-refractivity contribution is -0.137. The lowest BCUT2D eigenvalue weighted by Crippen LogP contribution is -2.62. The number of amides is 16. The fourth-order valence-electron chi connectivity index (χ4n) is 16.3. The Morgan fingerprint density at radius 1 is 0.301 bits per heavy atom. The molecule has 0 unspecified atom stereocenters. The summed E-state index contributed by atoms with van der Waals surface area (Å²) in [6.07, 6.45) is 7.01. The predicted octanol–water partition coefficient (Wildman–Crippen LogP) is 4.37. The standard InChI is InChI=1S/C99H140N20O17/c1-51(2)37-73(109-86(123)59(17)107-81(122)49-105-96(133)82(55(9)10)106-50-121)89(126)108-60(18)87(124)117-84(57(13)14)98(135)119-85(58(15)16)99(136)118-83(56(11)12)97(134)116-80(44-64-48-104-72-34-26-22-30-68(64)72)95(132)112-76(40-54(7)8)92(129)115-79(43-63-47-103-71-33-25-21-29-67(63)71)94(131)111-75(39-53(5)6)91(128)114-78(42-62-46-102-70-32-24-20-28-66(62)70)93(130)110-74(38-52(3)4)90(127)113-77(88(125)100-35-36-120)41-61-45-101-69-31-23-19-27-65(61)69/h19-34,45-48,50-60,73-80,82-85,101-104,120H,35-44,49H2,1-18H3,(H,100,125)(H,105,133)(H,106,121)(H,107,122)(H,108,126)(H,109,123)(H,110,130)(H,111,131)(H,112,132)(H,113,127)(H,114,128)(H,115,129)(H,116,134)(H,117,124)(H,118,136)(H,119,135)/t59-,60-,73+,74+,75+,76+,77-,78-,79-,80-,82-,83+,84+,85-/m0/s1/i129+1. The lowest BCUT2D eigenvalue weighted by Gasteiger charge is -2.31. The first-order valence-corrected chi connectivity index (χ1v) is 47.0. The number of fused-ring (bicyclic) bond motifs is 4. The summed E-state index contributed by atoms with van der Waals surface area (Å²) in [5, 5.41) is 56.5. The number of para-hydroxylation sites is 4. The van der Waals surface area contributed by atoms with Gasteiger partial charge in [-0.3, -0.25) is 76.7 Å². The molecular weight excluding hydrogens is 1740 g/mol. The molecule has 37 heteroatoms. The molecule has 8 aromatic rings. The van der Waals surface area contributed by atoms with Gasteiger partial charge < -0.3 is 110 Å². The van der Waals surface area contributed by atoms with Crippen molar-refractivity contribution in [3.05, 3.63) is 144 Å². The predicted molar refractivity (Wildman–Crippen MR) is 518 cm³/mol. The van der Waals surface area contributed by atoms with Crippen LogP contribution < -0.4 is 85.1 Å². The van der Waals surface area contributed by atoms with Crippen LogP contribution in [0.2, 0.25) is 0 Å². The Kier molecular flexibility index (Phi) is 40.7. The quantitative estimate of drug-likeness (QED) is 0.0235. The maximum atomic E-state index is 15.6. The number of hydrogen-bond donors (Lipinski definition) is 21. The molecule has 0 saturated carbocycles. The fraction of sp³-hybridized carbons (Fsp3) is 0.515. The highest BCUT2D eigenvalue weighted by Crippen LogP contribution is 2.26. The van der Waals surface area contributed by atoms with Gasteiger partial charge in [-0.1, -0.05) is 184 Å². The van der Waals surface area contributed by atoms with Crippen molar-refractivity contribution >= 4 is 139 Å². The van der Waals surface area contributed by atoms with E-state index in [1.165, 1.54) is 13.8 Å². The van der Waals surface area contributed by atoms with Gasteiger partial charge in [-0.2, -0.15) is 0 Å². The van der Waals surface area contributed by atoms with Gasteiger partial charge in [0.05, 0.1) is 13.2 Å². The molecule has 16 amide bonds. The highest BCUT2D eigenvalue weighted by atomic mass is 17.1. The number of aliphatic hydroxyl groups excluding tert-OH is 1. The van der Waals surface area contributed by atoms with E-state index in [9.17, 15) is 53.1 Å². The van der Waals surface area contributed by atoms with Gasteiger partial charge in [0.1, 0.15) is 84.6 Å². The number of rotatable bonds is 53. The van der Waals surface area contributed by atoms with Gasteiger partial charge in [0.25, 0.3) is 0 Å². The van der Waals surface area contributed by atoms with Crippen LogP contribution in [0.4, 0.5) is 0 Å². The molecule has 136 heavy (non-hydrogen) atoms. The van der Waals surface area contributed by atoms with E-state index in [1.807, 2.05) is 133 Å². The summed E-state index contributed by atoms with van der Waals surface area (Å²) in [7, 11) is 0. The van der Waals surface area contributed by atoms with Crippen LogP contribution in [-0.2, 0) is 102 Å². The van der Waals surface area contributed by atoms with Crippen molar-refractivity contribution in [1.82, 2.24) is 105 Å². The molecule has 0 aliphatic rings. The van der Waals surface area contributed by atoms with E-state index in [4.69, 9.17) is 0 Å². The molecule has 0 radical (unpaired) electrons. The minimum Gasteiger partial charge on any atom is -0.395 e. The number of aliphatic hydroxyl groups is 1. The van der Waals surface area contributed by atoms with Crippen molar-refractivity contribution in [2.75, 3.05) is 19.7 Å². The third-order valence-corrected chi connectivity index (χ3v) is 23.6. The van der Waals surface area contributed by atoms with Crippen molar-refractivity contribution < 1.29 is 81.8 Å². The lowest BCUT2D eigenvalue weighted by atomic mass is 9.97. The van der Waals surface area contributed by atoms with Crippen molar-refractivity contribution in [2.45, 2.75) is 261 Å². The smallest absolute Gasteiger partial charge is 0.243 e. The first-order valence-electron chi connectivity index (χ1n) is 47.0. The fourth-order valence-corrected chi connectivity index (χ4v) is 16.3. The van der Waals surface area contributed by atoms with Crippen LogP contribution >= 0.6 is 0 Å². The molecule has 0 aliphatic carbocycles. The van der Waals surface area contributed by atoms with Crippen LogP contribution in [0, 0.1) is 47.3 Å². The first-order chi connectivity index (χ1) is 64.4. The Balaban J connectivity index is 1.00. The molecule has 8 rings (SSSR count). The van der Waals surface area contributed by atoms with Crippen molar-refractivity contribution in [3.63, 3.8) is 0 Å². The normalized spacial score (nSPS) is 14.8. The molecule has 4 aromatic carbocycles. The Morgan fingerprint density at radius 2 is 0.574 bits per heavy atom. The number of nitrogens with one attached hydrogen (secondary N) is 20.